The first-order chi connectivity index (χ1) is 13.1. The fourth-order valence-corrected chi connectivity index (χ4v) is 4.83. The number of aryl methyl sites for hydroxylation is 2. The summed E-state index contributed by atoms with van der Waals surface area (Å²) in [6, 6.07) is 7.30. The topological polar surface area (TPSA) is 64.0 Å². The molecule has 2 heterocycles. The second kappa shape index (κ2) is 7.82. The Balaban J connectivity index is 1.52. The van der Waals surface area contributed by atoms with E-state index >= 15 is 0 Å². The SMILES string of the molecule is O=C(Cn1cnc2sc3c(c2c1=O)CCCCC3)NCc1ccc(Cl)cc1. The summed E-state index contributed by atoms with van der Waals surface area (Å²) in [5.41, 5.74) is 2.00. The van der Waals surface area contributed by atoms with Gasteiger partial charge in [-0.3, -0.25) is 14.2 Å². The van der Waals surface area contributed by atoms with Gasteiger partial charge in [-0.2, -0.15) is 0 Å². The second-order valence-corrected chi connectivity index (χ2v) is 8.35. The quantitative estimate of drug-likeness (QED) is 0.678. The van der Waals surface area contributed by atoms with Gasteiger partial charge in [-0.15, -0.1) is 11.3 Å². The van der Waals surface area contributed by atoms with Gasteiger partial charge in [0.05, 0.1) is 11.7 Å². The molecule has 140 valence electrons. The average Bonchev–Trinajstić information content (AvgIpc) is 2.86. The van der Waals surface area contributed by atoms with Gasteiger partial charge in [-0.1, -0.05) is 30.2 Å². The first-order valence-corrected chi connectivity index (χ1v) is 10.3. The van der Waals surface area contributed by atoms with Crippen LogP contribution in [0.5, 0.6) is 0 Å². The van der Waals surface area contributed by atoms with E-state index in [1.165, 1.54) is 28.6 Å². The summed E-state index contributed by atoms with van der Waals surface area (Å²) < 4.78 is 1.41. The van der Waals surface area contributed by atoms with Crippen molar-refractivity contribution in [2.24, 2.45) is 0 Å². The molecule has 1 aliphatic rings. The van der Waals surface area contributed by atoms with Crippen molar-refractivity contribution < 1.29 is 4.79 Å². The summed E-state index contributed by atoms with van der Waals surface area (Å²) in [5.74, 6) is -0.213. The van der Waals surface area contributed by atoms with Gasteiger partial charge in [-0.25, -0.2) is 4.98 Å². The molecule has 0 unspecified atom stereocenters. The van der Waals surface area contributed by atoms with Gasteiger partial charge < -0.3 is 5.32 Å². The maximum atomic E-state index is 13.0. The highest BCUT2D eigenvalue weighted by Gasteiger charge is 2.19. The Hall–Kier alpha value is -2.18. The van der Waals surface area contributed by atoms with Crippen LogP contribution in [0.1, 0.15) is 35.3 Å². The number of benzene rings is 1. The molecule has 0 bridgehead atoms. The first kappa shape index (κ1) is 18.2. The molecule has 0 spiro atoms. The predicted octanol–water partition coefficient (Wildman–Crippen LogP) is 3.70. The van der Waals surface area contributed by atoms with Gasteiger partial charge >= 0.3 is 0 Å². The van der Waals surface area contributed by atoms with E-state index in [9.17, 15) is 9.59 Å². The van der Waals surface area contributed by atoms with Crippen molar-refractivity contribution in [1.29, 1.82) is 0 Å². The van der Waals surface area contributed by atoms with E-state index < -0.39 is 0 Å². The molecule has 0 saturated heterocycles. The van der Waals surface area contributed by atoms with Crippen LogP contribution in [0.25, 0.3) is 10.2 Å². The minimum atomic E-state index is -0.213. The van der Waals surface area contributed by atoms with E-state index in [2.05, 4.69) is 10.3 Å². The molecule has 27 heavy (non-hydrogen) atoms. The van der Waals surface area contributed by atoms with E-state index in [-0.39, 0.29) is 18.0 Å². The Bertz CT molecular complexity index is 1040. The zero-order chi connectivity index (χ0) is 18.8. The third-order valence-electron chi connectivity index (χ3n) is 4.91. The number of carbonyl (C=O) groups excluding carboxylic acids is 1. The van der Waals surface area contributed by atoms with Crippen LogP contribution in [0.15, 0.2) is 35.4 Å². The summed E-state index contributed by atoms with van der Waals surface area (Å²) in [6.45, 7) is 0.369. The van der Waals surface area contributed by atoms with Gasteiger partial charge in [0, 0.05) is 16.4 Å². The number of nitrogens with zero attached hydrogens (tertiary/aromatic N) is 2. The molecule has 3 aromatic rings. The Morgan fingerprint density at radius 1 is 1.19 bits per heavy atom. The standard InChI is InChI=1S/C20H20ClN3O2S/c21-14-8-6-13(7-9-14)10-22-17(25)11-24-12-23-19-18(20(24)26)15-4-2-1-3-5-16(15)27-19/h6-9,12H,1-5,10-11H2,(H,22,25). The number of fused-ring (bicyclic) bond motifs is 3. The molecular formula is C20H20ClN3O2S. The smallest absolute Gasteiger partial charge is 0.262 e. The zero-order valence-corrected chi connectivity index (χ0v) is 16.4. The number of halogens is 1. The fraction of sp³-hybridized carbons (Fsp3) is 0.350. The average molecular weight is 402 g/mol. The lowest BCUT2D eigenvalue weighted by Crippen LogP contribution is -2.32. The normalized spacial score (nSPS) is 14.0. The minimum Gasteiger partial charge on any atom is -0.350 e. The van der Waals surface area contributed by atoms with Crippen molar-refractivity contribution in [2.45, 2.75) is 45.2 Å². The summed E-state index contributed by atoms with van der Waals surface area (Å²) in [7, 11) is 0. The van der Waals surface area contributed by atoms with E-state index in [1.807, 2.05) is 12.1 Å². The number of carbonyl (C=O) groups is 1. The van der Waals surface area contributed by atoms with E-state index in [1.54, 1.807) is 23.5 Å². The molecule has 2 aromatic heterocycles. The molecular weight excluding hydrogens is 382 g/mol. The molecule has 0 saturated carbocycles. The fourth-order valence-electron chi connectivity index (χ4n) is 3.48. The van der Waals surface area contributed by atoms with Crippen LogP contribution in [0.4, 0.5) is 0 Å². The summed E-state index contributed by atoms with van der Waals surface area (Å²) >= 11 is 7.49. The van der Waals surface area contributed by atoms with Crippen LogP contribution >= 0.6 is 22.9 Å². The Labute approximate surface area is 166 Å². The van der Waals surface area contributed by atoms with Crippen LogP contribution in [-0.4, -0.2) is 15.5 Å². The van der Waals surface area contributed by atoms with Crippen molar-refractivity contribution in [3.05, 3.63) is 62.0 Å². The molecule has 5 nitrogen and oxygen atoms in total. The van der Waals surface area contributed by atoms with Crippen LogP contribution in [0.2, 0.25) is 5.02 Å². The van der Waals surface area contributed by atoms with Crippen LogP contribution in [-0.2, 0) is 30.7 Å². The van der Waals surface area contributed by atoms with Gasteiger partial charge in [-0.05, 0) is 48.9 Å². The number of thiophene rings is 1. The van der Waals surface area contributed by atoms with Crippen molar-refractivity contribution in [3.63, 3.8) is 0 Å². The molecule has 7 heteroatoms. The minimum absolute atomic E-state index is 0.0278. The highest BCUT2D eigenvalue weighted by atomic mass is 35.5. The number of aromatic nitrogens is 2. The lowest BCUT2D eigenvalue weighted by atomic mass is 10.1. The molecule has 1 aliphatic carbocycles. The number of hydrogen-bond acceptors (Lipinski definition) is 4. The summed E-state index contributed by atoms with van der Waals surface area (Å²) in [6.07, 6.45) is 6.92. The third kappa shape index (κ3) is 3.92. The molecule has 1 aromatic carbocycles. The Morgan fingerprint density at radius 2 is 1.96 bits per heavy atom. The molecule has 0 fully saturated rings. The Morgan fingerprint density at radius 3 is 2.78 bits per heavy atom. The maximum Gasteiger partial charge on any atom is 0.262 e. The molecule has 0 radical (unpaired) electrons. The lowest BCUT2D eigenvalue weighted by Gasteiger charge is -2.08. The molecule has 1 N–H and O–H groups in total. The van der Waals surface area contributed by atoms with Crippen molar-refractivity contribution >= 4 is 39.1 Å². The van der Waals surface area contributed by atoms with Gasteiger partial charge in [0.1, 0.15) is 11.4 Å². The van der Waals surface area contributed by atoms with E-state index in [0.717, 1.165) is 35.2 Å². The number of amides is 1. The summed E-state index contributed by atoms with van der Waals surface area (Å²) in [5, 5.41) is 4.21. The largest absolute Gasteiger partial charge is 0.350 e. The zero-order valence-electron chi connectivity index (χ0n) is 14.8. The van der Waals surface area contributed by atoms with Crippen LogP contribution < -0.4 is 10.9 Å². The van der Waals surface area contributed by atoms with E-state index in [4.69, 9.17) is 11.6 Å². The third-order valence-corrected chi connectivity index (χ3v) is 6.36. The van der Waals surface area contributed by atoms with Crippen LogP contribution in [0, 0.1) is 0 Å². The molecule has 1 amide bonds. The lowest BCUT2D eigenvalue weighted by molar-refractivity contribution is -0.121. The maximum absolute atomic E-state index is 13.0. The van der Waals surface area contributed by atoms with Crippen molar-refractivity contribution in [3.8, 4) is 0 Å². The molecule has 4 rings (SSSR count). The predicted molar refractivity (Wildman–Crippen MR) is 108 cm³/mol. The van der Waals surface area contributed by atoms with Crippen molar-refractivity contribution in [1.82, 2.24) is 14.9 Å². The molecule has 0 aliphatic heterocycles. The number of hydrogen-bond donors (Lipinski definition) is 1. The highest BCUT2D eigenvalue weighted by molar-refractivity contribution is 7.18. The molecule has 0 atom stereocenters. The Kier molecular flexibility index (Phi) is 5.27. The summed E-state index contributed by atoms with van der Waals surface area (Å²) in [4.78, 5) is 31.8. The number of rotatable bonds is 4. The van der Waals surface area contributed by atoms with Gasteiger partial charge in [0.15, 0.2) is 0 Å². The second-order valence-electron chi connectivity index (χ2n) is 6.83. The number of nitrogens with one attached hydrogen (secondary N) is 1. The van der Waals surface area contributed by atoms with Crippen LogP contribution in [0.3, 0.4) is 0 Å². The van der Waals surface area contributed by atoms with Gasteiger partial charge in [0.2, 0.25) is 5.91 Å². The highest BCUT2D eigenvalue weighted by Crippen LogP contribution is 2.32. The van der Waals surface area contributed by atoms with Gasteiger partial charge in [0.25, 0.3) is 5.56 Å². The first-order valence-electron chi connectivity index (χ1n) is 9.12. The monoisotopic (exact) mass is 401 g/mol. The van der Waals surface area contributed by atoms with Crippen molar-refractivity contribution in [2.75, 3.05) is 0 Å². The van der Waals surface area contributed by atoms with E-state index in [0.29, 0.717) is 17.0 Å².